The number of fused-ring (bicyclic) bond motifs is 1. The summed E-state index contributed by atoms with van der Waals surface area (Å²) in [6.45, 7) is 2.89. The van der Waals surface area contributed by atoms with Crippen LogP contribution >= 0.6 is 11.8 Å². The van der Waals surface area contributed by atoms with Gasteiger partial charge in [-0.25, -0.2) is 0 Å². The molecule has 2 heterocycles. The van der Waals surface area contributed by atoms with Crippen molar-refractivity contribution in [3.63, 3.8) is 0 Å². The van der Waals surface area contributed by atoms with Gasteiger partial charge in [0.25, 0.3) is 5.91 Å². The van der Waals surface area contributed by atoms with Gasteiger partial charge >= 0.3 is 0 Å². The van der Waals surface area contributed by atoms with Gasteiger partial charge in [-0.05, 0) is 29.8 Å². The second kappa shape index (κ2) is 7.51. The molecule has 2 aromatic carbocycles. The summed E-state index contributed by atoms with van der Waals surface area (Å²) < 4.78 is 5.32. The number of ether oxygens (including phenoxy) is 1. The number of nitrogens with zero attached hydrogens (tertiary/aromatic N) is 2. The lowest BCUT2D eigenvalue weighted by Gasteiger charge is -2.29. The number of hydrogen-bond acceptors (Lipinski definition) is 4. The van der Waals surface area contributed by atoms with Gasteiger partial charge in [0.1, 0.15) is 0 Å². The standard InChI is InChI=1S/C20H20N2O3S/c23-19-14-26-18-7-2-1-6-17(18)22(19)13-15-4-3-5-16(12-15)20(24)21-8-10-25-11-9-21/h1-7,12H,8-11,13-14H2. The van der Waals surface area contributed by atoms with Gasteiger partial charge in [-0.2, -0.15) is 0 Å². The fraction of sp³-hybridized carbons (Fsp3) is 0.300. The van der Waals surface area contributed by atoms with Gasteiger partial charge in [-0.1, -0.05) is 24.3 Å². The van der Waals surface area contributed by atoms with Gasteiger partial charge in [0.05, 0.1) is 31.2 Å². The van der Waals surface area contributed by atoms with Crippen LogP contribution in [0.25, 0.3) is 0 Å². The van der Waals surface area contributed by atoms with Gasteiger partial charge < -0.3 is 14.5 Å². The van der Waals surface area contributed by atoms with Crippen molar-refractivity contribution in [2.24, 2.45) is 0 Å². The average Bonchev–Trinajstić information content (AvgIpc) is 2.70. The van der Waals surface area contributed by atoms with Crippen molar-refractivity contribution in [2.45, 2.75) is 11.4 Å². The highest BCUT2D eigenvalue weighted by molar-refractivity contribution is 8.00. The van der Waals surface area contributed by atoms with E-state index in [0.717, 1.165) is 16.1 Å². The van der Waals surface area contributed by atoms with Crippen molar-refractivity contribution >= 4 is 29.3 Å². The van der Waals surface area contributed by atoms with E-state index in [1.807, 2.05) is 58.3 Å². The number of para-hydroxylation sites is 1. The maximum Gasteiger partial charge on any atom is 0.254 e. The van der Waals surface area contributed by atoms with Crippen LogP contribution < -0.4 is 4.90 Å². The molecule has 0 aromatic heterocycles. The highest BCUT2D eigenvalue weighted by Crippen LogP contribution is 2.35. The van der Waals surface area contributed by atoms with Crippen molar-refractivity contribution in [3.05, 3.63) is 59.7 Å². The van der Waals surface area contributed by atoms with Gasteiger partial charge in [0.15, 0.2) is 0 Å². The number of amides is 2. The van der Waals surface area contributed by atoms with Crippen LogP contribution in [-0.4, -0.2) is 48.8 Å². The lowest BCUT2D eigenvalue weighted by molar-refractivity contribution is -0.116. The summed E-state index contributed by atoms with van der Waals surface area (Å²) in [5.41, 5.74) is 2.56. The predicted molar refractivity (Wildman–Crippen MR) is 102 cm³/mol. The molecule has 1 fully saturated rings. The van der Waals surface area contributed by atoms with Crippen molar-refractivity contribution in [2.75, 3.05) is 37.0 Å². The molecule has 0 saturated carbocycles. The minimum atomic E-state index is 0.0241. The molecule has 5 nitrogen and oxygen atoms in total. The normalized spacial score (nSPS) is 17.2. The zero-order valence-electron chi connectivity index (χ0n) is 14.4. The van der Waals surface area contributed by atoms with Gasteiger partial charge in [-0.15, -0.1) is 11.8 Å². The number of anilines is 1. The van der Waals surface area contributed by atoms with E-state index >= 15 is 0 Å². The first-order valence-corrected chi connectivity index (χ1v) is 9.69. The van der Waals surface area contributed by atoms with E-state index in [4.69, 9.17) is 4.74 Å². The Morgan fingerprint density at radius 3 is 2.73 bits per heavy atom. The first kappa shape index (κ1) is 17.1. The third-order valence-corrected chi connectivity index (χ3v) is 5.67. The zero-order chi connectivity index (χ0) is 17.9. The molecule has 2 aromatic rings. The number of hydrogen-bond donors (Lipinski definition) is 0. The highest BCUT2D eigenvalue weighted by atomic mass is 32.2. The first-order valence-electron chi connectivity index (χ1n) is 8.70. The number of rotatable bonds is 3. The quantitative estimate of drug-likeness (QED) is 0.836. The molecular formula is C20H20N2O3S. The topological polar surface area (TPSA) is 49.9 Å². The Hall–Kier alpha value is -2.31. The van der Waals surface area contributed by atoms with Crippen LogP contribution in [0.1, 0.15) is 15.9 Å². The number of carbonyl (C=O) groups is 2. The summed E-state index contributed by atoms with van der Waals surface area (Å²) in [6, 6.07) is 15.5. The van der Waals surface area contributed by atoms with Crippen molar-refractivity contribution in [3.8, 4) is 0 Å². The molecule has 0 unspecified atom stereocenters. The van der Waals surface area contributed by atoms with Crippen LogP contribution in [0.5, 0.6) is 0 Å². The number of carbonyl (C=O) groups excluding carboxylic acids is 2. The van der Waals surface area contributed by atoms with Crippen LogP contribution in [0.3, 0.4) is 0 Å². The number of morpholine rings is 1. The van der Waals surface area contributed by atoms with Gasteiger partial charge in [-0.3, -0.25) is 9.59 Å². The van der Waals surface area contributed by atoms with E-state index in [2.05, 4.69) is 0 Å². The van der Waals surface area contributed by atoms with Gasteiger partial charge in [0, 0.05) is 23.5 Å². The summed E-state index contributed by atoms with van der Waals surface area (Å²) in [5.74, 6) is 0.568. The molecule has 0 bridgehead atoms. The van der Waals surface area contributed by atoms with Crippen LogP contribution in [0.15, 0.2) is 53.4 Å². The molecule has 0 atom stereocenters. The average molecular weight is 368 g/mol. The van der Waals surface area contributed by atoms with Crippen molar-refractivity contribution in [1.29, 1.82) is 0 Å². The molecule has 26 heavy (non-hydrogen) atoms. The van der Waals surface area contributed by atoms with Crippen LogP contribution in [0, 0.1) is 0 Å². The monoisotopic (exact) mass is 368 g/mol. The second-order valence-corrected chi connectivity index (χ2v) is 7.36. The lowest BCUT2D eigenvalue weighted by Crippen LogP contribution is -2.40. The molecule has 0 aliphatic carbocycles. The second-order valence-electron chi connectivity index (χ2n) is 6.34. The van der Waals surface area contributed by atoms with E-state index in [1.54, 1.807) is 11.8 Å². The van der Waals surface area contributed by atoms with Gasteiger partial charge in [0.2, 0.25) is 5.91 Å². The molecule has 0 spiro atoms. The minimum absolute atomic E-state index is 0.0241. The molecule has 4 rings (SSSR count). The summed E-state index contributed by atoms with van der Waals surface area (Å²) >= 11 is 1.57. The highest BCUT2D eigenvalue weighted by Gasteiger charge is 2.25. The fourth-order valence-electron chi connectivity index (χ4n) is 3.26. The van der Waals surface area contributed by atoms with E-state index < -0.39 is 0 Å². The molecule has 2 aliphatic rings. The maximum atomic E-state index is 12.7. The Morgan fingerprint density at radius 1 is 1.08 bits per heavy atom. The Morgan fingerprint density at radius 2 is 1.88 bits per heavy atom. The van der Waals surface area contributed by atoms with Crippen LogP contribution in [-0.2, 0) is 16.1 Å². The van der Waals surface area contributed by atoms with E-state index in [1.165, 1.54) is 0 Å². The summed E-state index contributed by atoms with van der Waals surface area (Å²) in [7, 11) is 0. The zero-order valence-corrected chi connectivity index (χ0v) is 15.2. The van der Waals surface area contributed by atoms with E-state index in [9.17, 15) is 9.59 Å². The van der Waals surface area contributed by atoms with Crippen LogP contribution in [0.4, 0.5) is 5.69 Å². The molecule has 2 amide bonds. The number of benzene rings is 2. The van der Waals surface area contributed by atoms with E-state index in [-0.39, 0.29) is 11.8 Å². The third kappa shape index (κ3) is 3.48. The Balaban J connectivity index is 1.56. The molecule has 1 saturated heterocycles. The van der Waals surface area contributed by atoms with Crippen LogP contribution in [0.2, 0.25) is 0 Å². The van der Waals surface area contributed by atoms with E-state index in [0.29, 0.717) is 44.2 Å². The SMILES string of the molecule is O=C(c1cccc(CN2C(=O)CSc3ccccc32)c1)N1CCOCC1. The first-order chi connectivity index (χ1) is 12.7. The Bertz CT molecular complexity index is 833. The Kier molecular flexibility index (Phi) is 4.95. The Labute approximate surface area is 156 Å². The molecule has 0 N–H and O–H groups in total. The maximum absolute atomic E-state index is 12.7. The largest absolute Gasteiger partial charge is 0.378 e. The molecular weight excluding hydrogens is 348 g/mol. The minimum Gasteiger partial charge on any atom is -0.378 e. The molecule has 6 heteroatoms. The molecule has 2 aliphatic heterocycles. The van der Waals surface area contributed by atoms with Crippen molar-refractivity contribution in [1.82, 2.24) is 4.90 Å². The molecule has 134 valence electrons. The third-order valence-electron chi connectivity index (χ3n) is 4.62. The van der Waals surface area contributed by atoms with Crippen molar-refractivity contribution < 1.29 is 14.3 Å². The lowest BCUT2D eigenvalue weighted by atomic mass is 10.1. The summed E-state index contributed by atoms with van der Waals surface area (Å²) in [4.78, 5) is 29.9. The smallest absolute Gasteiger partial charge is 0.254 e. The molecule has 0 radical (unpaired) electrons. The fourth-order valence-corrected chi connectivity index (χ4v) is 4.20. The summed E-state index contributed by atoms with van der Waals surface area (Å²) in [5, 5.41) is 0. The number of thioether (sulfide) groups is 1. The predicted octanol–water partition coefficient (Wildman–Crippen LogP) is 2.80. The summed E-state index contributed by atoms with van der Waals surface area (Å²) in [6.07, 6.45) is 0.